The number of tetrazole rings is 1. The van der Waals surface area contributed by atoms with E-state index in [2.05, 4.69) is 15.5 Å². The Hall–Kier alpha value is -2.24. The molecule has 1 atom stereocenters. The van der Waals surface area contributed by atoms with Crippen molar-refractivity contribution in [2.75, 3.05) is 0 Å². The third-order valence-corrected chi connectivity index (χ3v) is 3.40. The molecule has 0 spiro atoms. The quantitative estimate of drug-likeness (QED) is 0.905. The molecule has 6 heteroatoms. The highest BCUT2D eigenvalue weighted by Crippen LogP contribution is 2.23. The van der Waals surface area contributed by atoms with Crippen LogP contribution in [0.4, 0.5) is 0 Å². The molecule has 0 aliphatic carbocycles. The number of benzene rings is 1. The number of rotatable bonds is 5. The molecule has 0 bridgehead atoms. The smallest absolute Gasteiger partial charge is 0.328 e. The Morgan fingerprint density at radius 2 is 2.10 bits per heavy atom. The van der Waals surface area contributed by atoms with Crippen LogP contribution in [0.1, 0.15) is 36.9 Å². The molecule has 106 valence electrons. The second kappa shape index (κ2) is 5.81. The summed E-state index contributed by atoms with van der Waals surface area (Å²) in [5.74, 6) is -0.418. The Morgan fingerprint density at radius 1 is 1.35 bits per heavy atom. The summed E-state index contributed by atoms with van der Waals surface area (Å²) in [6.45, 7) is 5.98. The SMILES string of the molecule is CCCC(C(=O)O)n1nnnc1-c1ccc(C)c(C)c1. The molecule has 1 N–H and O–H groups in total. The topological polar surface area (TPSA) is 80.9 Å². The lowest BCUT2D eigenvalue weighted by Gasteiger charge is -2.13. The van der Waals surface area contributed by atoms with E-state index in [1.54, 1.807) is 0 Å². The molecule has 6 nitrogen and oxygen atoms in total. The van der Waals surface area contributed by atoms with Gasteiger partial charge >= 0.3 is 5.97 Å². The van der Waals surface area contributed by atoms with Crippen LogP contribution in [0.3, 0.4) is 0 Å². The van der Waals surface area contributed by atoms with Crippen LogP contribution in [0.25, 0.3) is 11.4 Å². The summed E-state index contributed by atoms with van der Waals surface area (Å²) in [7, 11) is 0. The summed E-state index contributed by atoms with van der Waals surface area (Å²) >= 11 is 0. The van der Waals surface area contributed by atoms with Gasteiger partial charge in [0.2, 0.25) is 0 Å². The van der Waals surface area contributed by atoms with Gasteiger partial charge in [-0.25, -0.2) is 9.48 Å². The van der Waals surface area contributed by atoms with Crippen molar-refractivity contribution in [3.05, 3.63) is 29.3 Å². The van der Waals surface area contributed by atoms with Crippen LogP contribution >= 0.6 is 0 Å². The van der Waals surface area contributed by atoms with Crippen molar-refractivity contribution in [3.63, 3.8) is 0 Å². The first kappa shape index (κ1) is 14.2. The molecule has 1 heterocycles. The van der Waals surface area contributed by atoms with E-state index in [4.69, 9.17) is 0 Å². The van der Waals surface area contributed by atoms with E-state index in [0.29, 0.717) is 12.2 Å². The molecule has 1 aromatic carbocycles. The number of hydrogen-bond donors (Lipinski definition) is 1. The van der Waals surface area contributed by atoms with Gasteiger partial charge in [0.1, 0.15) is 0 Å². The summed E-state index contributed by atoms with van der Waals surface area (Å²) in [6, 6.07) is 5.14. The lowest BCUT2D eigenvalue weighted by atomic mass is 10.1. The molecule has 20 heavy (non-hydrogen) atoms. The van der Waals surface area contributed by atoms with Crippen LogP contribution in [0.15, 0.2) is 18.2 Å². The summed E-state index contributed by atoms with van der Waals surface area (Å²) in [5, 5.41) is 20.8. The fourth-order valence-electron chi connectivity index (χ4n) is 2.10. The summed E-state index contributed by atoms with van der Waals surface area (Å²) < 4.78 is 1.40. The molecule has 2 rings (SSSR count). The third kappa shape index (κ3) is 2.68. The molecular weight excluding hydrogens is 256 g/mol. The first-order valence-electron chi connectivity index (χ1n) is 6.63. The van der Waals surface area contributed by atoms with E-state index in [1.807, 2.05) is 39.0 Å². The zero-order valence-electron chi connectivity index (χ0n) is 11.9. The first-order valence-corrected chi connectivity index (χ1v) is 6.63. The van der Waals surface area contributed by atoms with Gasteiger partial charge in [-0.15, -0.1) is 5.10 Å². The zero-order chi connectivity index (χ0) is 14.7. The average molecular weight is 274 g/mol. The van der Waals surface area contributed by atoms with Crippen molar-refractivity contribution in [1.29, 1.82) is 0 Å². The van der Waals surface area contributed by atoms with E-state index >= 15 is 0 Å². The Bertz CT molecular complexity index is 621. The van der Waals surface area contributed by atoms with Crippen LogP contribution in [0.2, 0.25) is 0 Å². The van der Waals surface area contributed by atoms with E-state index in [9.17, 15) is 9.90 Å². The maximum Gasteiger partial charge on any atom is 0.328 e. The monoisotopic (exact) mass is 274 g/mol. The fourth-order valence-corrected chi connectivity index (χ4v) is 2.10. The maximum absolute atomic E-state index is 11.4. The van der Waals surface area contributed by atoms with Gasteiger partial charge in [0, 0.05) is 5.56 Å². The highest BCUT2D eigenvalue weighted by Gasteiger charge is 2.24. The predicted octanol–water partition coefficient (Wildman–Crippen LogP) is 2.38. The second-order valence-corrected chi connectivity index (χ2v) is 4.89. The molecule has 0 fully saturated rings. The lowest BCUT2D eigenvalue weighted by Crippen LogP contribution is -2.21. The van der Waals surface area contributed by atoms with Gasteiger partial charge in [-0.3, -0.25) is 0 Å². The number of nitrogens with zero attached hydrogens (tertiary/aromatic N) is 4. The van der Waals surface area contributed by atoms with Gasteiger partial charge in [0.25, 0.3) is 0 Å². The van der Waals surface area contributed by atoms with Crippen LogP contribution in [-0.4, -0.2) is 31.3 Å². The van der Waals surface area contributed by atoms with Gasteiger partial charge in [-0.05, 0) is 47.9 Å². The number of aliphatic carboxylic acids is 1. The number of carboxylic acids is 1. The van der Waals surface area contributed by atoms with Crippen LogP contribution < -0.4 is 0 Å². The van der Waals surface area contributed by atoms with Gasteiger partial charge in [0.15, 0.2) is 11.9 Å². The van der Waals surface area contributed by atoms with E-state index in [1.165, 1.54) is 10.2 Å². The predicted molar refractivity (Wildman–Crippen MR) is 74.3 cm³/mol. The first-order chi connectivity index (χ1) is 9.54. The average Bonchev–Trinajstić information content (AvgIpc) is 2.87. The normalized spacial score (nSPS) is 12.3. The number of carbonyl (C=O) groups is 1. The fraction of sp³-hybridized carbons (Fsp3) is 0.429. The van der Waals surface area contributed by atoms with Crippen LogP contribution in [0.5, 0.6) is 0 Å². The van der Waals surface area contributed by atoms with E-state index in [0.717, 1.165) is 17.5 Å². The van der Waals surface area contributed by atoms with E-state index < -0.39 is 12.0 Å². The van der Waals surface area contributed by atoms with Gasteiger partial charge < -0.3 is 5.11 Å². The highest BCUT2D eigenvalue weighted by atomic mass is 16.4. The molecule has 1 unspecified atom stereocenters. The van der Waals surface area contributed by atoms with E-state index in [-0.39, 0.29) is 0 Å². The lowest BCUT2D eigenvalue weighted by molar-refractivity contribution is -0.141. The maximum atomic E-state index is 11.4. The van der Waals surface area contributed by atoms with Crippen molar-refractivity contribution in [2.24, 2.45) is 0 Å². The molecule has 1 aromatic heterocycles. The third-order valence-electron chi connectivity index (χ3n) is 3.40. The standard InChI is InChI=1S/C14H18N4O2/c1-4-5-12(14(19)20)18-13(15-16-17-18)11-7-6-9(2)10(3)8-11/h6-8,12H,4-5H2,1-3H3,(H,19,20). The number of carboxylic acid groups (broad SMARTS) is 1. The molecular formula is C14H18N4O2. The van der Waals surface area contributed by atoms with Gasteiger partial charge in [0.05, 0.1) is 0 Å². The Morgan fingerprint density at radius 3 is 2.70 bits per heavy atom. The molecule has 0 saturated carbocycles. The minimum atomic E-state index is -0.913. The molecule has 2 aromatic rings. The Kier molecular flexibility index (Phi) is 4.12. The van der Waals surface area contributed by atoms with Crippen LogP contribution in [0, 0.1) is 13.8 Å². The molecule has 0 saturated heterocycles. The van der Waals surface area contributed by atoms with Gasteiger partial charge in [-0.2, -0.15) is 0 Å². The van der Waals surface area contributed by atoms with Gasteiger partial charge in [-0.1, -0.05) is 25.5 Å². The molecule has 0 aliphatic heterocycles. The van der Waals surface area contributed by atoms with Crippen molar-refractivity contribution in [3.8, 4) is 11.4 Å². The molecule has 0 amide bonds. The highest BCUT2D eigenvalue weighted by molar-refractivity contribution is 5.72. The van der Waals surface area contributed by atoms with Crippen molar-refractivity contribution >= 4 is 5.97 Å². The second-order valence-electron chi connectivity index (χ2n) is 4.89. The van der Waals surface area contributed by atoms with Crippen molar-refractivity contribution < 1.29 is 9.90 Å². The molecule has 0 radical (unpaired) electrons. The molecule has 0 aliphatic rings. The minimum Gasteiger partial charge on any atom is -0.480 e. The zero-order valence-corrected chi connectivity index (χ0v) is 11.9. The Balaban J connectivity index is 2.46. The van der Waals surface area contributed by atoms with Crippen molar-refractivity contribution in [2.45, 2.75) is 39.7 Å². The number of aromatic nitrogens is 4. The minimum absolute atomic E-state index is 0.494. The largest absolute Gasteiger partial charge is 0.480 e. The number of aryl methyl sites for hydroxylation is 2. The van der Waals surface area contributed by atoms with Crippen LogP contribution in [-0.2, 0) is 4.79 Å². The summed E-state index contributed by atoms with van der Waals surface area (Å²) in [6.07, 6.45) is 1.25. The summed E-state index contributed by atoms with van der Waals surface area (Å²) in [4.78, 5) is 11.4. The number of hydrogen-bond acceptors (Lipinski definition) is 4. The summed E-state index contributed by atoms with van der Waals surface area (Å²) in [5.41, 5.74) is 3.14. The van der Waals surface area contributed by atoms with Crippen molar-refractivity contribution in [1.82, 2.24) is 20.2 Å². The Labute approximate surface area is 117 Å².